The average Bonchev–Trinajstić information content (AvgIpc) is 2.84. The van der Waals surface area contributed by atoms with Crippen LogP contribution in [0.1, 0.15) is 29.8 Å². The smallest absolute Gasteiger partial charge is 0.356 e. The van der Waals surface area contributed by atoms with Crippen molar-refractivity contribution in [2.45, 2.75) is 19.3 Å². The highest BCUT2D eigenvalue weighted by Crippen LogP contribution is 2.31. The van der Waals surface area contributed by atoms with Crippen LogP contribution in [0.25, 0.3) is 0 Å². The van der Waals surface area contributed by atoms with E-state index in [-0.39, 0.29) is 12.3 Å². The Hall–Kier alpha value is -1.69. The Balaban J connectivity index is 1.93. The van der Waals surface area contributed by atoms with Crippen molar-refractivity contribution in [1.82, 2.24) is 9.97 Å². The molecule has 0 saturated heterocycles. The normalized spacial score (nSPS) is 22.9. The highest BCUT2D eigenvalue weighted by Gasteiger charge is 2.26. The van der Waals surface area contributed by atoms with Crippen LogP contribution in [0.15, 0.2) is 12.4 Å². The number of rotatable bonds is 5. The van der Waals surface area contributed by atoms with Gasteiger partial charge in [-0.1, -0.05) is 6.42 Å². The van der Waals surface area contributed by atoms with E-state index in [1.54, 1.807) is 0 Å². The van der Waals surface area contributed by atoms with Crippen LogP contribution in [0.5, 0.6) is 0 Å². The predicted octanol–water partition coefficient (Wildman–Crippen LogP) is 0.995. The fraction of sp³-hybridized carbons (Fsp3) is 0.583. The van der Waals surface area contributed by atoms with Gasteiger partial charge in [-0.3, -0.25) is 4.98 Å². The molecule has 1 saturated carbocycles. The number of anilines is 1. The van der Waals surface area contributed by atoms with E-state index in [1.807, 2.05) is 0 Å². The molecule has 2 rings (SSSR count). The molecule has 2 unspecified atom stereocenters. The minimum absolute atomic E-state index is 0.0647. The van der Waals surface area contributed by atoms with Crippen LogP contribution in [0.3, 0.4) is 0 Å². The number of aliphatic hydroxyl groups is 1. The van der Waals surface area contributed by atoms with Gasteiger partial charge in [-0.25, -0.2) is 9.78 Å². The van der Waals surface area contributed by atoms with Crippen molar-refractivity contribution in [1.29, 1.82) is 0 Å². The van der Waals surface area contributed by atoms with Crippen molar-refractivity contribution >= 4 is 11.8 Å². The zero-order valence-electron chi connectivity index (χ0n) is 10.0. The highest BCUT2D eigenvalue weighted by molar-refractivity contribution is 5.85. The van der Waals surface area contributed by atoms with Crippen LogP contribution in [0.4, 0.5) is 5.82 Å². The van der Waals surface area contributed by atoms with Crippen LogP contribution in [-0.4, -0.2) is 39.3 Å². The average molecular weight is 251 g/mol. The maximum Gasteiger partial charge on any atom is 0.356 e. The number of nitrogens with zero attached hydrogens (tertiary/aromatic N) is 2. The van der Waals surface area contributed by atoms with Gasteiger partial charge in [0.05, 0.1) is 12.4 Å². The van der Waals surface area contributed by atoms with Gasteiger partial charge in [0.1, 0.15) is 5.82 Å². The fourth-order valence-corrected chi connectivity index (χ4v) is 2.41. The van der Waals surface area contributed by atoms with Gasteiger partial charge >= 0.3 is 5.97 Å². The van der Waals surface area contributed by atoms with Crippen LogP contribution in [0, 0.1) is 11.8 Å². The largest absolute Gasteiger partial charge is 0.476 e. The molecule has 1 fully saturated rings. The molecule has 0 amide bonds. The second-order valence-corrected chi connectivity index (χ2v) is 4.61. The lowest BCUT2D eigenvalue weighted by molar-refractivity contribution is 0.0690. The summed E-state index contributed by atoms with van der Waals surface area (Å²) in [6.45, 7) is 0.913. The topological polar surface area (TPSA) is 95.3 Å². The molecule has 0 bridgehead atoms. The molecule has 1 aromatic rings. The number of nitrogens with one attached hydrogen (secondary N) is 1. The zero-order valence-corrected chi connectivity index (χ0v) is 10.0. The van der Waals surface area contributed by atoms with E-state index in [2.05, 4.69) is 15.3 Å². The van der Waals surface area contributed by atoms with Crippen LogP contribution in [-0.2, 0) is 0 Å². The van der Waals surface area contributed by atoms with Gasteiger partial charge in [0.2, 0.25) is 0 Å². The Morgan fingerprint density at radius 1 is 1.39 bits per heavy atom. The monoisotopic (exact) mass is 251 g/mol. The molecule has 6 nitrogen and oxygen atoms in total. The highest BCUT2D eigenvalue weighted by atomic mass is 16.4. The Kier molecular flexibility index (Phi) is 4.09. The van der Waals surface area contributed by atoms with E-state index < -0.39 is 5.97 Å². The lowest BCUT2D eigenvalue weighted by Crippen LogP contribution is -2.21. The summed E-state index contributed by atoms with van der Waals surface area (Å²) < 4.78 is 0. The van der Waals surface area contributed by atoms with Crippen molar-refractivity contribution in [3.63, 3.8) is 0 Å². The van der Waals surface area contributed by atoms with Gasteiger partial charge in [-0.2, -0.15) is 0 Å². The van der Waals surface area contributed by atoms with Gasteiger partial charge in [0.15, 0.2) is 5.69 Å². The number of hydrogen-bond acceptors (Lipinski definition) is 5. The van der Waals surface area contributed by atoms with Gasteiger partial charge in [0, 0.05) is 13.2 Å². The third kappa shape index (κ3) is 2.95. The van der Waals surface area contributed by atoms with Crippen LogP contribution < -0.4 is 5.32 Å². The summed E-state index contributed by atoms with van der Waals surface area (Å²) in [6.07, 6.45) is 6.02. The van der Waals surface area contributed by atoms with Crippen molar-refractivity contribution in [2.24, 2.45) is 11.8 Å². The number of carbonyl (C=O) groups is 1. The zero-order chi connectivity index (χ0) is 13.0. The van der Waals surface area contributed by atoms with Gasteiger partial charge in [-0.05, 0) is 24.7 Å². The quantitative estimate of drug-likeness (QED) is 0.722. The molecular weight excluding hydrogens is 234 g/mol. The van der Waals surface area contributed by atoms with Crippen molar-refractivity contribution in [3.05, 3.63) is 18.1 Å². The Morgan fingerprint density at radius 2 is 2.17 bits per heavy atom. The summed E-state index contributed by atoms with van der Waals surface area (Å²) in [6, 6.07) is 0. The summed E-state index contributed by atoms with van der Waals surface area (Å²) in [5.74, 6) is 0.150. The number of aromatic nitrogens is 2. The summed E-state index contributed by atoms with van der Waals surface area (Å²) in [4.78, 5) is 18.5. The predicted molar refractivity (Wildman–Crippen MR) is 65.4 cm³/mol. The van der Waals surface area contributed by atoms with E-state index in [9.17, 15) is 9.90 Å². The van der Waals surface area contributed by atoms with Crippen molar-refractivity contribution in [3.8, 4) is 0 Å². The standard InChI is InChI=1S/C12H17N3O3/c16-7-9-3-1-2-8(9)4-14-11-6-13-5-10(15-11)12(17)18/h5-6,8-9,16H,1-4,7H2,(H,14,15)(H,17,18). The molecule has 0 spiro atoms. The number of carboxylic acid groups (broad SMARTS) is 1. The van der Waals surface area contributed by atoms with Crippen LogP contribution >= 0.6 is 0 Å². The molecule has 1 aliphatic carbocycles. The van der Waals surface area contributed by atoms with E-state index in [0.717, 1.165) is 19.3 Å². The number of aliphatic hydroxyl groups excluding tert-OH is 1. The lowest BCUT2D eigenvalue weighted by atomic mass is 9.97. The molecule has 0 aromatic carbocycles. The Labute approximate surface area is 105 Å². The molecule has 1 aliphatic rings. The van der Waals surface area contributed by atoms with Gasteiger partial charge < -0.3 is 15.5 Å². The molecule has 1 heterocycles. The first-order valence-electron chi connectivity index (χ1n) is 6.10. The first-order valence-corrected chi connectivity index (χ1v) is 6.10. The van der Waals surface area contributed by atoms with E-state index >= 15 is 0 Å². The third-order valence-corrected chi connectivity index (χ3v) is 3.45. The van der Waals surface area contributed by atoms with Crippen LogP contribution in [0.2, 0.25) is 0 Å². The molecule has 1 aromatic heterocycles. The molecular formula is C12H17N3O3. The summed E-state index contributed by atoms with van der Waals surface area (Å²) in [5.41, 5.74) is -0.0647. The van der Waals surface area contributed by atoms with Crippen molar-refractivity contribution < 1.29 is 15.0 Å². The second kappa shape index (κ2) is 5.77. The molecule has 0 aliphatic heterocycles. The minimum Gasteiger partial charge on any atom is -0.476 e. The molecule has 0 radical (unpaired) electrons. The summed E-state index contributed by atoms with van der Waals surface area (Å²) in [5, 5.41) is 21.1. The maximum atomic E-state index is 10.7. The van der Waals surface area contributed by atoms with E-state index in [0.29, 0.717) is 24.2 Å². The fourth-order valence-electron chi connectivity index (χ4n) is 2.41. The number of hydrogen-bond donors (Lipinski definition) is 3. The molecule has 98 valence electrons. The molecule has 2 atom stereocenters. The maximum absolute atomic E-state index is 10.7. The van der Waals surface area contributed by atoms with Gasteiger partial charge in [-0.15, -0.1) is 0 Å². The SMILES string of the molecule is O=C(O)c1cncc(NCC2CCCC2CO)n1. The molecule has 6 heteroatoms. The third-order valence-electron chi connectivity index (χ3n) is 3.45. The Bertz CT molecular complexity index is 425. The molecule has 3 N–H and O–H groups in total. The van der Waals surface area contributed by atoms with E-state index in [1.165, 1.54) is 12.4 Å². The van der Waals surface area contributed by atoms with E-state index in [4.69, 9.17) is 5.11 Å². The lowest BCUT2D eigenvalue weighted by Gasteiger charge is -2.17. The first kappa shape index (κ1) is 12.8. The second-order valence-electron chi connectivity index (χ2n) is 4.61. The summed E-state index contributed by atoms with van der Waals surface area (Å²) in [7, 11) is 0. The number of carboxylic acids is 1. The number of aromatic carboxylic acids is 1. The summed E-state index contributed by atoms with van der Waals surface area (Å²) >= 11 is 0. The minimum atomic E-state index is -1.08. The van der Waals surface area contributed by atoms with Gasteiger partial charge in [0.25, 0.3) is 0 Å². The Morgan fingerprint density at radius 3 is 2.89 bits per heavy atom. The van der Waals surface area contributed by atoms with Crippen molar-refractivity contribution in [2.75, 3.05) is 18.5 Å². The first-order chi connectivity index (χ1) is 8.70. The molecule has 18 heavy (non-hydrogen) atoms.